The Bertz CT molecular complexity index is 2170. The van der Waals surface area contributed by atoms with Gasteiger partial charge >= 0.3 is 0 Å². The molecule has 0 spiro atoms. The molecule has 0 aliphatic rings. The van der Waals surface area contributed by atoms with E-state index in [9.17, 15) is 0 Å². The Morgan fingerprint density at radius 1 is 0.425 bits per heavy atom. The molecule has 2 heteroatoms. The Morgan fingerprint density at radius 2 is 1.12 bits per heavy atom. The first-order chi connectivity index (χ1) is 19.8. The fraction of sp³-hybridized carbons (Fsp3) is 0. The molecule has 7 aromatic carbocycles. The standard InChI is InChI=1S/C38H25NS/c1-2-10-27(11-3-1)33-15-8-16-34-36-32-14-7-6-13-30(32)24-35(38(36)40-37(33)34)39-31-21-19-26(20-22-31)29-18-17-25-9-4-5-12-28(25)23-29/h1-24,39H. The van der Waals surface area contributed by atoms with Crippen molar-refractivity contribution in [2.24, 2.45) is 0 Å². The smallest absolute Gasteiger partial charge is 0.0597 e. The van der Waals surface area contributed by atoms with Crippen LogP contribution in [0.1, 0.15) is 0 Å². The first-order valence-corrected chi connectivity index (χ1v) is 14.4. The largest absolute Gasteiger partial charge is 0.354 e. The van der Waals surface area contributed by atoms with E-state index in [1.54, 1.807) is 0 Å². The molecule has 40 heavy (non-hydrogen) atoms. The van der Waals surface area contributed by atoms with Crippen molar-refractivity contribution < 1.29 is 0 Å². The molecule has 0 aliphatic heterocycles. The fourth-order valence-electron chi connectivity index (χ4n) is 5.86. The number of benzene rings is 7. The van der Waals surface area contributed by atoms with Gasteiger partial charge in [0.2, 0.25) is 0 Å². The first kappa shape index (κ1) is 23.0. The third-order valence-electron chi connectivity index (χ3n) is 7.82. The Kier molecular flexibility index (Phi) is 5.39. The molecule has 0 saturated heterocycles. The highest BCUT2D eigenvalue weighted by Gasteiger charge is 2.16. The summed E-state index contributed by atoms with van der Waals surface area (Å²) in [7, 11) is 0. The molecule has 0 unspecified atom stereocenters. The van der Waals surface area contributed by atoms with Crippen LogP contribution in [-0.4, -0.2) is 0 Å². The summed E-state index contributed by atoms with van der Waals surface area (Å²) in [5.41, 5.74) is 7.22. The molecule has 1 aromatic heterocycles. The van der Waals surface area contributed by atoms with Crippen LogP contribution in [0.3, 0.4) is 0 Å². The normalized spacial score (nSPS) is 11.5. The van der Waals surface area contributed by atoms with E-state index in [-0.39, 0.29) is 0 Å². The third kappa shape index (κ3) is 3.85. The minimum Gasteiger partial charge on any atom is -0.354 e. The molecule has 8 aromatic rings. The van der Waals surface area contributed by atoms with Gasteiger partial charge in [0.05, 0.1) is 10.4 Å². The molecule has 0 atom stereocenters. The van der Waals surface area contributed by atoms with E-state index in [0.717, 1.165) is 11.4 Å². The number of hydrogen-bond acceptors (Lipinski definition) is 2. The van der Waals surface area contributed by atoms with Crippen LogP contribution in [0.5, 0.6) is 0 Å². The highest BCUT2D eigenvalue weighted by molar-refractivity contribution is 7.27. The molecule has 1 N–H and O–H groups in total. The Balaban J connectivity index is 1.25. The van der Waals surface area contributed by atoms with Gasteiger partial charge in [-0.3, -0.25) is 0 Å². The van der Waals surface area contributed by atoms with Crippen LogP contribution in [0.4, 0.5) is 11.4 Å². The summed E-state index contributed by atoms with van der Waals surface area (Å²) in [6.07, 6.45) is 0. The van der Waals surface area contributed by atoms with Crippen molar-refractivity contribution in [1.29, 1.82) is 0 Å². The maximum atomic E-state index is 3.78. The summed E-state index contributed by atoms with van der Waals surface area (Å²) in [4.78, 5) is 0. The van der Waals surface area contributed by atoms with Gasteiger partial charge in [0.25, 0.3) is 0 Å². The lowest BCUT2D eigenvalue weighted by Crippen LogP contribution is -1.91. The van der Waals surface area contributed by atoms with E-state index in [4.69, 9.17) is 0 Å². The molecule has 0 saturated carbocycles. The van der Waals surface area contributed by atoms with Crippen molar-refractivity contribution in [3.8, 4) is 22.3 Å². The van der Waals surface area contributed by atoms with Crippen LogP contribution in [0, 0.1) is 0 Å². The molecule has 8 rings (SSSR count). The number of fused-ring (bicyclic) bond motifs is 6. The minimum absolute atomic E-state index is 1.09. The van der Waals surface area contributed by atoms with Gasteiger partial charge in [-0.15, -0.1) is 11.3 Å². The predicted molar refractivity (Wildman–Crippen MR) is 175 cm³/mol. The number of rotatable bonds is 4. The quantitative estimate of drug-likeness (QED) is 0.240. The van der Waals surface area contributed by atoms with Crippen LogP contribution >= 0.6 is 11.3 Å². The Labute approximate surface area is 237 Å². The van der Waals surface area contributed by atoms with E-state index in [1.807, 2.05) is 11.3 Å². The highest BCUT2D eigenvalue weighted by Crippen LogP contribution is 2.46. The zero-order chi connectivity index (χ0) is 26.5. The zero-order valence-corrected chi connectivity index (χ0v) is 22.6. The Hall–Kier alpha value is -4.92. The number of nitrogens with one attached hydrogen (secondary N) is 1. The molecule has 0 fully saturated rings. The van der Waals surface area contributed by atoms with Gasteiger partial charge in [-0.1, -0.05) is 121 Å². The molecular formula is C38H25NS. The SMILES string of the molecule is c1ccc(-c2cccc3c2sc2c(Nc4ccc(-c5ccc6ccccc6c5)cc4)cc4ccccc4c23)cc1. The van der Waals surface area contributed by atoms with Gasteiger partial charge < -0.3 is 5.32 Å². The first-order valence-electron chi connectivity index (χ1n) is 13.6. The number of thiophene rings is 1. The van der Waals surface area contributed by atoms with Crippen molar-refractivity contribution in [1.82, 2.24) is 0 Å². The molecule has 188 valence electrons. The Morgan fingerprint density at radius 3 is 1.98 bits per heavy atom. The van der Waals surface area contributed by atoms with Gasteiger partial charge in [-0.25, -0.2) is 0 Å². The zero-order valence-electron chi connectivity index (χ0n) is 21.8. The topological polar surface area (TPSA) is 12.0 Å². The minimum atomic E-state index is 1.09. The van der Waals surface area contributed by atoms with Crippen molar-refractivity contribution >= 4 is 64.4 Å². The van der Waals surface area contributed by atoms with Crippen LogP contribution < -0.4 is 5.32 Å². The summed E-state index contributed by atoms with van der Waals surface area (Å²) in [6.45, 7) is 0. The summed E-state index contributed by atoms with van der Waals surface area (Å²) in [5, 5.41) is 11.5. The molecular weight excluding hydrogens is 502 g/mol. The average molecular weight is 528 g/mol. The summed E-state index contributed by atoms with van der Waals surface area (Å²) < 4.78 is 2.62. The van der Waals surface area contributed by atoms with E-state index >= 15 is 0 Å². The molecule has 0 amide bonds. The van der Waals surface area contributed by atoms with Crippen molar-refractivity contribution in [2.75, 3.05) is 5.32 Å². The third-order valence-corrected chi connectivity index (χ3v) is 9.09. The van der Waals surface area contributed by atoms with Crippen molar-refractivity contribution in [3.63, 3.8) is 0 Å². The van der Waals surface area contributed by atoms with Gasteiger partial charge in [-0.2, -0.15) is 0 Å². The van der Waals surface area contributed by atoms with Crippen LogP contribution in [-0.2, 0) is 0 Å². The van der Waals surface area contributed by atoms with Gasteiger partial charge in [0, 0.05) is 21.2 Å². The van der Waals surface area contributed by atoms with E-state index < -0.39 is 0 Å². The highest BCUT2D eigenvalue weighted by atomic mass is 32.1. The second-order valence-corrected chi connectivity index (χ2v) is 11.3. The summed E-state index contributed by atoms with van der Waals surface area (Å²) in [5.74, 6) is 0. The van der Waals surface area contributed by atoms with Gasteiger partial charge in [0.15, 0.2) is 0 Å². The molecule has 1 heterocycles. The average Bonchev–Trinajstić information content (AvgIpc) is 3.42. The van der Waals surface area contributed by atoms with Gasteiger partial charge in [-0.05, 0) is 68.1 Å². The lowest BCUT2D eigenvalue weighted by molar-refractivity contribution is 1.58. The lowest BCUT2D eigenvalue weighted by atomic mass is 9.99. The van der Waals surface area contributed by atoms with Crippen molar-refractivity contribution in [2.45, 2.75) is 0 Å². The predicted octanol–water partition coefficient (Wildman–Crippen LogP) is 11.4. The second-order valence-electron chi connectivity index (χ2n) is 10.3. The summed E-state index contributed by atoms with van der Waals surface area (Å²) in [6, 6.07) is 52.5. The second kappa shape index (κ2) is 9.37. The maximum absolute atomic E-state index is 3.78. The van der Waals surface area contributed by atoms with Crippen molar-refractivity contribution in [3.05, 3.63) is 146 Å². The van der Waals surface area contributed by atoms with Crippen LogP contribution in [0.25, 0.3) is 64.0 Å². The molecule has 1 nitrogen and oxygen atoms in total. The van der Waals surface area contributed by atoms with E-state index in [1.165, 1.54) is 64.0 Å². The molecule has 0 aliphatic carbocycles. The van der Waals surface area contributed by atoms with Crippen LogP contribution in [0.15, 0.2) is 146 Å². The monoisotopic (exact) mass is 527 g/mol. The fourth-order valence-corrected chi connectivity index (χ4v) is 7.18. The summed E-state index contributed by atoms with van der Waals surface area (Å²) >= 11 is 1.88. The van der Waals surface area contributed by atoms with Crippen LogP contribution in [0.2, 0.25) is 0 Å². The molecule has 0 bridgehead atoms. The number of hydrogen-bond donors (Lipinski definition) is 1. The maximum Gasteiger partial charge on any atom is 0.0597 e. The molecule has 0 radical (unpaired) electrons. The number of anilines is 2. The lowest BCUT2D eigenvalue weighted by Gasteiger charge is -2.11. The van der Waals surface area contributed by atoms with E-state index in [2.05, 4.69) is 151 Å². The van der Waals surface area contributed by atoms with Gasteiger partial charge in [0.1, 0.15) is 0 Å². The van der Waals surface area contributed by atoms with E-state index in [0.29, 0.717) is 0 Å².